The third kappa shape index (κ3) is 2.16. The summed E-state index contributed by atoms with van der Waals surface area (Å²) in [5.74, 6) is -0.184. The molecule has 0 fully saturated rings. The van der Waals surface area contributed by atoms with Gasteiger partial charge in [0.05, 0.1) is 0 Å². The maximum Gasteiger partial charge on any atom is 0.123 e. The zero-order chi connectivity index (χ0) is 11.5. The standard InChI is InChI=1S/C14H16FN/c1-11(2)16-9-4-3-8-14(16)12-6-5-7-13(15)10-12/h3-8,10-11H,9H2,1-2H3. The van der Waals surface area contributed by atoms with Crippen LogP contribution in [0.4, 0.5) is 4.39 Å². The van der Waals surface area contributed by atoms with E-state index in [0.717, 1.165) is 17.8 Å². The average molecular weight is 217 g/mol. The molecule has 0 radical (unpaired) electrons. The third-order valence-corrected chi connectivity index (χ3v) is 2.75. The van der Waals surface area contributed by atoms with Crippen LogP contribution in [0.3, 0.4) is 0 Å². The second-order valence-electron chi connectivity index (χ2n) is 4.24. The summed E-state index contributed by atoms with van der Waals surface area (Å²) in [7, 11) is 0. The first-order chi connectivity index (χ1) is 7.68. The number of halogens is 1. The van der Waals surface area contributed by atoms with Gasteiger partial charge in [0, 0.05) is 23.8 Å². The Morgan fingerprint density at radius 1 is 1.31 bits per heavy atom. The number of benzene rings is 1. The number of hydrogen-bond acceptors (Lipinski definition) is 1. The van der Waals surface area contributed by atoms with E-state index in [0.29, 0.717) is 6.04 Å². The predicted molar refractivity (Wildman–Crippen MR) is 65.4 cm³/mol. The lowest BCUT2D eigenvalue weighted by atomic mass is 10.1. The molecule has 16 heavy (non-hydrogen) atoms. The molecule has 1 aliphatic rings. The molecule has 2 heteroatoms. The van der Waals surface area contributed by atoms with E-state index in [4.69, 9.17) is 0 Å². The lowest BCUT2D eigenvalue weighted by Crippen LogP contribution is -2.30. The molecule has 2 rings (SSSR count). The minimum absolute atomic E-state index is 0.184. The van der Waals surface area contributed by atoms with E-state index >= 15 is 0 Å². The Morgan fingerprint density at radius 3 is 2.81 bits per heavy atom. The van der Waals surface area contributed by atoms with Crippen molar-refractivity contribution in [2.75, 3.05) is 6.54 Å². The summed E-state index contributed by atoms with van der Waals surface area (Å²) >= 11 is 0. The molecule has 0 bridgehead atoms. The van der Waals surface area contributed by atoms with E-state index in [1.54, 1.807) is 12.1 Å². The van der Waals surface area contributed by atoms with Crippen LogP contribution in [-0.4, -0.2) is 17.5 Å². The van der Waals surface area contributed by atoms with Crippen LogP contribution in [0, 0.1) is 5.82 Å². The summed E-state index contributed by atoms with van der Waals surface area (Å²) in [6, 6.07) is 7.17. The molecular weight excluding hydrogens is 201 g/mol. The van der Waals surface area contributed by atoms with Crippen molar-refractivity contribution in [1.29, 1.82) is 0 Å². The van der Waals surface area contributed by atoms with Crippen LogP contribution in [0.5, 0.6) is 0 Å². The monoisotopic (exact) mass is 217 g/mol. The smallest absolute Gasteiger partial charge is 0.123 e. The molecule has 1 nitrogen and oxygen atoms in total. The largest absolute Gasteiger partial charge is 0.365 e. The van der Waals surface area contributed by atoms with Gasteiger partial charge in [-0.3, -0.25) is 0 Å². The molecule has 0 saturated heterocycles. The third-order valence-electron chi connectivity index (χ3n) is 2.75. The number of nitrogens with zero attached hydrogens (tertiary/aromatic N) is 1. The first-order valence-electron chi connectivity index (χ1n) is 5.58. The number of rotatable bonds is 2. The first-order valence-corrected chi connectivity index (χ1v) is 5.58. The Bertz CT molecular complexity index is 432. The molecule has 1 aromatic rings. The highest BCUT2D eigenvalue weighted by molar-refractivity contribution is 5.67. The van der Waals surface area contributed by atoms with Gasteiger partial charge in [-0.2, -0.15) is 0 Å². The molecule has 0 N–H and O–H groups in total. The SMILES string of the molecule is CC(C)N1CC=CC=C1c1cccc(F)c1. The Morgan fingerprint density at radius 2 is 2.12 bits per heavy atom. The van der Waals surface area contributed by atoms with Crippen LogP contribution in [0.1, 0.15) is 19.4 Å². The zero-order valence-corrected chi connectivity index (χ0v) is 9.65. The minimum atomic E-state index is -0.184. The van der Waals surface area contributed by atoms with Gasteiger partial charge in [0.25, 0.3) is 0 Å². The van der Waals surface area contributed by atoms with Crippen LogP contribution < -0.4 is 0 Å². The highest BCUT2D eigenvalue weighted by Crippen LogP contribution is 2.24. The van der Waals surface area contributed by atoms with Crippen molar-refractivity contribution in [3.63, 3.8) is 0 Å². The summed E-state index contributed by atoms with van der Waals surface area (Å²) in [5.41, 5.74) is 2.04. The fraction of sp³-hybridized carbons (Fsp3) is 0.286. The molecule has 1 heterocycles. The maximum absolute atomic E-state index is 13.2. The molecule has 1 aromatic carbocycles. The molecular formula is C14H16FN. The molecule has 0 amide bonds. The summed E-state index contributed by atoms with van der Waals surface area (Å²) in [6.07, 6.45) is 6.18. The van der Waals surface area contributed by atoms with E-state index in [1.165, 1.54) is 6.07 Å². The van der Waals surface area contributed by atoms with E-state index in [2.05, 4.69) is 24.8 Å². The lowest BCUT2D eigenvalue weighted by molar-refractivity contribution is 0.360. The fourth-order valence-corrected chi connectivity index (χ4v) is 1.93. The van der Waals surface area contributed by atoms with Crippen LogP contribution in [-0.2, 0) is 0 Å². The molecule has 0 unspecified atom stereocenters. The van der Waals surface area contributed by atoms with Gasteiger partial charge in [0.1, 0.15) is 5.82 Å². The topological polar surface area (TPSA) is 3.24 Å². The molecule has 0 aliphatic carbocycles. The van der Waals surface area contributed by atoms with E-state index < -0.39 is 0 Å². The average Bonchev–Trinajstić information content (AvgIpc) is 2.29. The quantitative estimate of drug-likeness (QED) is 0.733. The second-order valence-corrected chi connectivity index (χ2v) is 4.24. The van der Waals surface area contributed by atoms with Crippen molar-refractivity contribution in [3.05, 3.63) is 53.9 Å². The Balaban J connectivity index is 2.37. The van der Waals surface area contributed by atoms with Gasteiger partial charge >= 0.3 is 0 Å². The first kappa shape index (κ1) is 10.9. The van der Waals surface area contributed by atoms with Gasteiger partial charge in [-0.05, 0) is 32.1 Å². The Hall–Kier alpha value is -1.57. The van der Waals surface area contributed by atoms with Gasteiger partial charge in [0.15, 0.2) is 0 Å². The Labute approximate surface area is 95.9 Å². The van der Waals surface area contributed by atoms with Crippen molar-refractivity contribution < 1.29 is 4.39 Å². The minimum Gasteiger partial charge on any atom is -0.365 e. The van der Waals surface area contributed by atoms with E-state index in [9.17, 15) is 4.39 Å². The molecule has 0 atom stereocenters. The maximum atomic E-state index is 13.2. The lowest BCUT2D eigenvalue weighted by Gasteiger charge is -2.32. The molecule has 0 spiro atoms. The van der Waals surface area contributed by atoms with Gasteiger partial charge in [-0.1, -0.05) is 24.3 Å². The van der Waals surface area contributed by atoms with Gasteiger partial charge < -0.3 is 4.90 Å². The van der Waals surface area contributed by atoms with Crippen molar-refractivity contribution >= 4 is 5.70 Å². The molecule has 0 aromatic heterocycles. The van der Waals surface area contributed by atoms with Crippen molar-refractivity contribution in [2.24, 2.45) is 0 Å². The van der Waals surface area contributed by atoms with Crippen molar-refractivity contribution in [1.82, 2.24) is 4.90 Å². The van der Waals surface area contributed by atoms with Crippen molar-refractivity contribution in [3.8, 4) is 0 Å². The van der Waals surface area contributed by atoms with Crippen LogP contribution in [0.15, 0.2) is 42.5 Å². The van der Waals surface area contributed by atoms with Gasteiger partial charge in [-0.25, -0.2) is 4.39 Å². The summed E-state index contributed by atoms with van der Waals surface area (Å²) in [6.45, 7) is 5.18. The zero-order valence-electron chi connectivity index (χ0n) is 9.65. The fourth-order valence-electron chi connectivity index (χ4n) is 1.93. The number of allylic oxidation sites excluding steroid dienone is 2. The summed E-state index contributed by atoms with van der Waals surface area (Å²) < 4.78 is 13.2. The van der Waals surface area contributed by atoms with E-state index in [1.807, 2.05) is 18.2 Å². The normalized spacial score (nSPS) is 15.5. The summed E-state index contributed by atoms with van der Waals surface area (Å²) in [4.78, 5) is 2.26. The van der Waals surface area contributed by atoms with Gasteiger partial charge in [-0.15, -0.1) is 0 Å². The highest BCUT2D eigenvalue weighted by atomic mass is 19.1. The van der Waals surface area contributed by atoms with Crippen LogP contribution in [0.2, 0.25) is 0 Å². The molecule has 84 valence electrons. The van der Waals surface area contributed by atoms with Gasteiger partial charge in [0.2, 0.25) is 0 Å². The molecule has 0 saturated carbocycles. The van der Waals surface area contributed by atoms with Crippen LogP contribution >= 0.6 is 0 Å². The second kappa shape index (κ2) is 4.52. The molecule has 1 aliphatic heterocycles. The highest BCUT2D eigenvalue weighted by Gasteiger charge is 2.15. The number of hydrogen-bond donors (Lipinski definition) is 0. The predicted octanol–water partition coefficient (Wildman–Crippen LogP) is 3.45. The van der Waals surface area contributed by atoms with Crippen LogP contribution in [0.25, 0.3) is 5.70 Å². The Kier molecular flexibility index (Phi) is 3.09. The van der Waals surface area contributed by atoms with Crippen molar-refractivity contribution in [2.45, 2.75) is 19.9 Å². The van der Waals surface area contributed by atoms with E-state index in [-0.39, 0.29) is 5.82 Å². The summed E-state index contributed by atoms with van der Waals surface area (Å²) in [5, 5.41) is 0.